The molecule has 1 unspecified atom stereocenters. The molecular weight excluding hydrogens is 427 g/mol. The van der Waals surface area contributed by atoms with E-state index in [0.29, 0.717) is 41.3 Å². The molecule has 0 spiro atoms. The van der Waals surface area contributed by atoms with Crippen molar-refractivity contribution in [3.8, 4) is 11.3 Å². The molecule has 2 amide bonds. The number of aromatic nitrogens is 1. The van der Waals surface area contributed by atoms with Crippen LogP contribution in [0, 0.1) is 23.4 Å². The molecule has 0 saturated carbocycles. The molecule has 4 rings (SSSR count). The Labute approximate surface area is 180 Å². The van der Waals surface area contributed by atoms with E-state index < -0.39 is 23.4 Å². The van der Waals surface area contributed by atoms with Crippen LogP contribution in [0.25, 0.3) is 11.3 Å². The second-order valence-electron chi connectivity index (χ2n) is 7.25. The topological polar surface area (TPSA) is 62.3 Å². The third kappa shape index (κ3) is 4.77. The molecule has 1 saturated heterocycles. The van der Waals surface area contributed by atoms with E-state index in [1.54, 1.807) is 10.3 Å². The van der Waals surface area contributed by atoms with Crippen LogP contribution in [-0.2, 0) is 4.79 Å². The van der Waals surface area contributed by atoms with Crippen LogP contribution in [0.3, 0.4) is 0 Å². The van der Waals surface area contributed by atoms with Crippen LogP contribution < -0.4 is 5.32 Å². The van der Waals surface area contributed by atoms with Crippen molar-refractivity contribution in [2.45, 2.75) is 12.8 Å². The lowest BCUT2D eigenvalue weighted by Gasteiger charge is -2.32. The fraction of sp³-hybridized carbons (Fsp3) is 0.227. The van der Waals surface area contributed by atoms with Gasteiger partial charge in [0.25, 0.3) is 5.91 Å². The average Bonchev–Trinajstić information content (AvgIpc) is 3.24. The number of carbonyl (C=O) groups excluding carboxylic acids is 2. The third-order valence-electron chi connectivity index (χ3n) is 5.12. The maximum atomic E-state index is 13.4. The lowest BCUT2D eigenvalue weighted by molar-refractivity contribution is -0.121. The zero-order valence-corrected chi connectivity index (χ0v) is 17.1. The molecule has 1 aliphatic rings. The van der Waals surface area contributed by atoms with Gasteiger partial charge in [-0.3, -0.25) is 9.59 Å². The molecule has 2 heterocycles. The number of amides is 2. The lowest BCUT2D eigenvalue weighted by atomic mass is 9.96. The Balaban J connectivity index is 1.40. The average molecular weight is 445 g/mol. The van der Waals surface area contributed by atoms with E-state index in [-0.39, 0.29) is 18.4 Å². The molecule has 5 nitrogen and oxygen atoms in total. The maximum Gasteiger partial charge on any atom is 0.253 e. The molecule has 0 bridgehead atoms. The summed E-state index contributed by atoms with van der Waals surface area (Å²) in [6.45, 7) is 0.779. The quantitative estimate of drug-likeness (QED) is 0.632. The number of carbonyl (C=O) groups is 2. The van der Waals surface area contributed by atoms with Crippen LogP contribution in [0.15, 0.2) is 47.8 Å². The van der Waals surface area contributed by atoms with E-state index in [1.165, 1.54) is 41.7 Å². The van der Waals surface area contributed by atoms with E-state index in [0.717, 1.165) is 12.1 Å². The number of piperidine rings is 1. The molecule has 1 atom stereocenters. The van der Waals surface area contributed by atoms with Gasteiger partial charge < -0.3 is 10.2 Å². The number of thiazole rings is 1. The van der Waals surface area contributed by atoms with Crippen molar-refractivity contribution in [3.63, 3.8) is 0 Å². The SMILES string of the molecule is O=C(Nc1nc(-c2ccc(F)c(F)c2)cs1)C1CCCN(C(=O)c2ccc(F)cc2)C1. The molecule has 2 aromatic carbocycles. The summed E-state index contributed by atoms with van der Waals surface area (Å²) < 4.78 is 39.7. The van der Waals surface area contributed by atoms with Crippen molar-refractivity contribution in [1.29, 1.82) is 0 Å². The molecule has 1 aromatic heterocycles. The van der Waals surface area contributed by atoms with E-state index in [9.17, 15) is 22.8 Å². The lowest BCUT2D eigenvalue weighted by Crippen LogP contribution is -2.43. The smallest absolute Gasteiger partial charge is 0.253 e. The van der Waals surface area contributed by atoms with Gasteiger partial charge in [-0.05, 0) is 55.3 Å². The van der Waals surface area contributed by atoms with Crippen molar-refractivity contribution < 1.29 is 22.8 Å². The summed E-state index contributed by atoms with van der Waals surface area (Å²) in [6.07, 6.45) is 1.30. The summed E-state index contributed by atoms with van der Waals surface area (Å²) in [5.41, 5.74) is 1.21. The van der Waals surface area contributed by atoms with Crippen molar-refractivity contribution >= 4 is 28.3 Å². The molecule has 3 aromatic rings. The van der Waals surface area contributed by atoms with Crippen LogP contribution in [0.4, 0.5) is 18.3 Å². The van der Waals surface area contributed by atoms with Crippen molar-refractivity contribution in [2.24, 2.45) is 5.92 Å². The first-order valence-corrected chi connectivity index (χ1v) is 10.6. The number of hydrogen-bond acceptors (Lipinski definition) is 4. The fourth-order valence-corrected chi connectivity index (χ4v) is 4.20. The van der Waals surface area contributed by atoms with Gasteiger partial charge in [0.15, 0.2) is 16.8 Å². The van der Waals surface area contributed by atoms with E-state index in [4.69, 9.17) is 0 Å². The minimum absolute atomic E-state index is 0.243. The highest BCUT2D eigenvalue weighted by Gasteiger charge is 2.29. The Morgan fingerprint density at radius 2 is 1.84 bits per heavy atom. The number of likely N-dealkylation sites (tertiary alicyclic amines) is 1. The predicted octanol–water partition coefficient (Wildman–Crippen LogP) is 4.72. The summed E-state index contributed by atoms with van der Waals surface area (Å²) in [6, 6.07) is 8.81. The van der Waals surface area contributed by atoms with Gasteiger partial charge in [0.05, 0.1) is 11.6 Å². The number of benzene rings is 2. The van der Waals surface area contributed by atoms with Gasteiger partial charge in [-0.25, -0.2) is 18.2 Å². The van der Waals surface area contributed by atoms with Gasteiger partial charge in [-0.15, -0.1) is 11.3 Å². The molecule has 31 heavy (non-hydrogen) atoms. The van der Waals surface area contributed by atoms with Gasteiger partial charge in [0.1, 0.15) is 5.82 Å². The number of nitrogens with one attached hydrogen (secondary N) is 1. The van der Waals surface area contributed by atoms with Gasteiger partial charge in [0, 0.05) is 29.6 Å². The van der Waals surface area contributed by atoms with Gasteiger partial charge >= 0.3 is 0 Å². The highest BCUT2D eigenvalue weighted by atomic mass is 32.1. The zero-order chi connectivity index (χ0) is 22.0. The predicted molar refractivity (Wildman–Crippen MR) is 111 cm³/mol. The van der Waals surface area contributed by atoms with Crippen LogP contribution >= 0.6 is 11.3 Å². The fourth-order valence-electron chi connectivity index (χ4n) is 3.48. The molecule has 1 aliphatic heterocycles. The Morgan fingerprint density at radius 3 is 2.58 bits per heavy atom. The first-order valence-electron chi connectivity index (χ1n) is 9.67. The summed E-state index contributed by atoms with van der Waals surface area (Å²) >= 11 is 1.18. The zero-order valence-electron chi connectivity index (χ0n) is 16.3. The molecule has 160 valence electrons. The second kappa shape index (κ2) is 8.89. The van der Waals surface area contributed by atoms with Gasteiger partial charge in [-0.2, -0.15) is 0 Å². The minimum atomic E-state index is -0.968. The molecule has 0 aliphatic carbocycles. The number of nitrogens with zero attached hydrogens (tertiary/aromatic N) is 2. The standard InChI is InChI=1S/C22H18F3N3O2S/c23-16-6-3-13(4-7-16)21(30)28-9-1-2-15(11-28)20(29)27-22-26-19(12-31-22)14-5-8-17(24)18(25)10-14/h3-8,10,12,15H,1-2,9,11H2,(H,26,27,29). The minimum Gasteiger partial charge on any atom is -0.338 e. The van der Waals surface area contributed by atoms with E-state index >= 15 is 0 Å². The van der Waals surface area contributed by atoms with Crippen molar-refractivity contribution in [2.75, 3.05) is 18.4 Å². The van der Waals surface area contributed by atoms with Crippen LogP contribution in [0.1, 0.15) is 23.2 Å². The largest absolute Gasteiger partial charge is 0.338 e. The first kappa shape index (κ1) is 21.0. The third-order valence-corrected chi connectivity index (χ3v) is 5.88. The normalized spacial score (nSPS) is 16.2. The Bertz CT molecular complexity index is 1120. The van der Waals surface area contributed by atoms with Gasteiger partial charge in [-0.1, -0.05) is 0 Å². The monoisotopic (exact) mass is 445 g/mol. The van der Waals surface area contributed by atoms with E-state index in [2.05, 4.69) is 10.3 Å². The number of rotatable bonds is 4. The Hall–Kier alpha value is -3.20. The first-order chi connectivity index (χ1) is 14.9. The molecule has 9 heteroatoms. The van der Waals surface area contributed by atoms with Crippen molar-refractivity contribution in [1.82, 2.24) is 9.88 Å². The van der Waals surface area contributed by atoms with Crippen LogP contribution in [-0.4, -0.2) is 34.8 Å². The summed E-state index contributed by atoms with van der Waals surface area (Å²) in [4.78, 5) is 31.2. The number of anilines is 1. The second-order valence-corrected chi connectivity index (χ2v) is 8.11. The maximum absolute atomic E-state index is 13.4. The van der Waals surface area contributed by atoms with Gasteiger partial charge in [0.2, 0.25) is 5.91 Å². The van der Waals surface area contributed by atoms with E-state index in [1.807, 2.05) is 0 Å². The highest BCUT2D eigenvalue weighted by Crippen LogP contribution is 2.27. The molecule has 1 fully saturated rings. The Morgan fingerprint density at radius 1 is 1.06 bits per heavy atom. The Kier molecular flexibility index (Phi) is 6.03. The number of hydrogen-bond donors (Lipinski definition) is 1. The molecule has 1 N–H and O–H groups in total. The molecular formula is C22H18F3N3O2S. The van der Waals surface area contributed by atoms with Crippen molar-refractivity contribution in [3.05, 3.63) is 70.9 Å². The van der Waals surface area contributed by atoms with Crippen LogP contribution in [0.2, 0.25) is 0 Å². The molecule has 0 radical (unpaired) electrons. The highest BCUT2D eigenvalue weighted by molar-refractivity contribution is 7.14. The summed E-state index contributed by atoms with van der Waals surface area (Å²) in [7, 11) is 0. The van der Waals surface area contributed by atoms with Crippen LogP contribution in [0.5, 0.6) is 0 Å². The summed E-state index contributed by atoms with van der Waals surface area (Å²) in [5.74, 6) is -3.24. The number of halogens is 3. The summed E-state index contributed by atoms with van der Waals surface area (Å²) in [5, 5.41) is 4.73.